The number of hydrogen-bond acceptors (Lipinski definition) is 4. The SMILES string of the molecule is O=C(O)CSc1ccc(NC(=O)c2ccc(Cl)c(Cl)c2)cn1. The monoisotopic (exact) mass is 356 g/mol. The maximum atomic E-state index is 12.1. The molecule has 0 aliphatic carbocycles. The summed E-state index contributed by atoms with van der Waals surface area (Å²) in [5, 5.41) is 12.5. The minimum Gasteiger partial charge on any atom is -0.481 e. The summed E-state index contributed by atoms with van der Waals surface area (Å²) in [6.07, 6.45) is 1.46. The lowest BCUT2D eigenvalue weighted by atomic mass is 10.2. The molecule has 0 atom stereocenters. The number of thioether (sulfide) groups is 1. The fourth-order valence-corrected chi connectivity index (χ4v) is 2.38. The molecule has 0 aliphatic heterocycles. The Kier molecular flexibility index (Phi) is 5.65. The lowest BCUT2D eigenvalue weighted by Crippen LogP contribution is -2.12. The smallest absolute Gasteiger partial charge is 0.313 e. The average molecular weight is 357 g/mol. The lowest BCUT2D eigenvalue weighted by molar-refractivity contribution is -0.133. The van der Waals surface area contributed by atoms with Crippen molar-refractivity contribution in [2.75, 3.05) is 11.1 Å². The van der Waals surface area contributed by atoms with E-state index in [1.165, 1.54) is 12.3 Å². The highest BCUT2D eigenvalue weighted by Gasteiger charge is 2.09. The molecule has 0 bridgehead atoms. The summed E-state index contributed by atoms with van der Waals surface area (Å²) in [6, 6.07) is 7.87. The van der Waals surface area contributed by atoms with E-state index in [2.05, 4.69) is 10.3 Å². The zero-order chi connectivity index (χ0) is 16.1. The van der Waals surface area contributed by atoms with Crippen LogP contribution in [0.15, 0.2) is 41.6 Å². The average Bonchev–Trinajstić information content (AvgIpc) is 2.49. The first-order chi connectivity index (χ1) is 10.5. The first kappa shape index (κ1) is 16.6. The molecule has 0 unspecified atom stereocenters. The molecular weight excluding hydrogens is 347 g/mol. The fraction of sp³-hybridized carbons (Fsp3) is 0.0714. The largest absolute Gasteiger partial charge is 0.481 e. The van der Waals surface area contributed by atoms with E-state index >= 15 is 0 Å². The summed E-state index contributed by atoms with van der Waals surface area (Å²) in [4.78, 5) is 26.6. The van der Waals surface area contributed by atoms with Crippen molar-refractivity contribution in [3.63, 3.8) is 0 Å². The molecule has 1 amide bonds. The molecule has 22 heavy (non-hydrogen) atoms. The second-order valence-corrected chi connectivity index (χ2v) is 5.96. The molecule has 114 valence electrons. The number of amides is 1. The molecular formula is C14H10Cl2N2O3S. The lowest BCUT2D eigenvalue weighted by Gasteiger charge is -2.06. The van der Waals surface area contributed by atoms with Crippen LogP contribution in [0.5, 0.6) is 0 Å². The molecule has 2 aromatic rings. The minimum absolute atomic E-state index is 0.0675. The van der Waals surface area contributed by atoms with E-state index in [4.69, 9.17) is 28.3 Å². The van der Waals surface area contributed by atoms with Crippen molar-refractivity contribution in [1.29, 1.82) is 0 Å². The number of aliphatic carboxylic acids is 1. The van der Waals surface area contributed by atoms with Gasteiger partial charge in [-0.15, -0.1) is 0 Å². The highest BCUT2D eigenvalue weighted by molar-refractivity contribution is 7.99. The highest BCUT2D eigenvalue weighted by atomic mass is 35.5. The van der Waals surface area contributed by atoms with Crippen molar-refractivity contribution in [3.05, 3.63) is 52.1 Å². The summed E-state index contributed by atoms with van der Waals surface area (Å²) in [5.41, 5.74) is 0.870. The Balaban J connectivity index is 2.02. The van der Waals surface area contributed by atoms with Crippen LogP contribution in [-0.4, -0.2) is 27.7 Å². The van der Waals surface area contributed by atoms with Gasteiger partial charge in [-0.2, -0.15) is 0 Å². The standard InChI is InChI=1S/C14H10Cl2N2O3S/c15-10-3-1-8(5-11(10)16)14(21)18-9-2-4-12(17-6-9)22-7-13(19)20/h1-6H,7H2,(H,18,21)(H,19,20). The number of rotatable bonds is 5. The molecule has 2 N–H and O–H groups in total. The van der Waals surface area contributed by atoms with E-state index < -0.39 is 5.97 Å². The molecule has 1 aromatic heterocycles. The van der Waals surface area contributed by atoms with Crippen LogP contribution in [0.2, 0.25) is 10.0 Å². The van der Waals surface area contributed by atoms with Gasteiger partial charge in [0.05, 0.1) is 32.7 Å². The Hall–Kier alpha value is -1.76. The van der Waals surface area contributed by atoms with E-state index in [9.17, 15) is 9.59 Å². The van der Waals surface area contributed by atoms with Crippen LogP contribution in [0.1, 0.15) is 10.4 Å². The Morgan fingerprint density at radius 2 is 1.95 bits per heavy atom. The molecule has 2 rings (SSSR count). The number of carbonyl (C=O) groups excluding carboxylic acids is 1. The molecule has 1 heterocycles. The third-order valence-corrected chi connectivity index (χ3v) is 4.19. The van der Waals surface area contributed by atoms with Gasteiger partial charge in [0.2, 0.25) is 0 Å². The zero-order valence-electron chi connectivity index (χ0n) is 11.0. The van der Waals surface area contributed by atoms with Gasteiger partial charge in [0.15, 0.2) is 0 Å². The number of carboxylic acid groups (broad SMARTS) is 1. The van der Waals surface area contributed by atoms with Crippen molar-refractivity contribution in [3.8, 4) is 0 Å². The molecule has 0 radical (unpaired) electrons. The van der Waals surface area contributed by atoms with Crippen molar-refractivity contribution < 1.29 is 14.7 Å². The van der Waals surface area contributed by atoms with E-state index in [0.29, 0.717) is 26.3 Å². The topological polar surface area (TPSA) is 79.3 Å². The van der Waals surface area contributed by atoms with Crippen LogP contribution in [0.25, 0.3) is 0 Å². The van der Waals surface area contributed by atoms with Crippen LogP contribution in [0.3, 0.4) is 0 Å². The van der Waals surface area contributed by atoms with Crippen LogP contribution in [0.4, 0.5) is 5.69 Å². The number of halogens is 2. The predicted octanol–water partition coefficient (Wildman–Crippen LogP) is 3.82. The molecule has 5 nitrogen and oxygen atoms in total. The molecule has 8 heteroatoms. The van der Waals surface area contributed by atoms with Gasteiger partial charge in [0.25, 0.3) is 5.91 Å². The van der Waals surface area contributed by atoms with Crippen molar-refractivity contribution >= 4 is 52.5 Å². The summed E-state index contributed by atoms with van der Waals surface area (Å²) in [7, 11) is 0. The van der Waals surface area contributed by atoms with Crippen LogP contribution in [-0.2, 0) is 4.79 Å². The molecule has 0 aliphatic rings. The number of nitrogens with zero attached hydrogens (tertiary/aromatic N) is 1. The normalized spacial score (nSPS) is 10.3. The Morgan fingerprint density at radius 3 is 2.55 bits per heavy atom. The Labute approximate surface area is 140 Å². The van der Waals surface area contributed by atoms with Gasteiger partial charge < -0.3 is 10.4 Å². The third-order valence-electron chi connectivity index (χ3n) is 2.52. The number of aromatic nitrogens is 1. The van der Waals surface area contributed by atoms with Crippen LogP contribution in [0, 0.1) is 0 Å². The molecule has 0 fully saturated rings. The maximum Gasteiger partial charge on any atom is 0.313 e. The highest BCUT2D eigenvalue weighted by Crippen LogP contribution is 2.23. The van der Waals surface area contributed by atoms with Crippen molar-refractivity contribution in [2.45, 2.75) is 5.03 Å². The second-order valence-electron chi connectivity index (χ2n) is 4.15. The van der Waals surface area contributed by atoms with Gasteiger partial charge in [-0.3, -0.25) is 9.59 Å². The third kappa shape index (κ3) is 4.62. The maximum absolute atomic E-state index is 12.1. The zero-order valence-corrected chi connectivity index (χ0v) is 13.4. The second kappa shape index (κ2) is 7.49. The van der Waals surface area contributed by atoms with E-state index in [1.54, 1.807) is 24.3 Å². The number of hydrogen-bond donors (Lipinski definition) is 2. The summed E-state index contributed by atoms with van der Waals surface area (Å²) in [6.45, 7) is 0. The summed E-state index contributed by atoms with van der Waals surface area (Å²) < 4.78 is 0. The predicted molar refractivity (Wildman–Crippen MR) is 87.0 cm³/mol. The number of benzene rings is 1. The quantitative estimate of drug-likeness (QED) is 0.796. The molecule has 0 saturated heterocycles. The Morgan fingerprint density at radius 1 is 1.18 bits per heavy atom. The number of carbonyl (C=O) groups is 2. The first-order valence-electron chi connectivity index (χ1n) is 6.03. The fourth-order valence-electron chi connectivity index (χ4n) is 1.52. The van der Waals surface area contributed by atoms with Crippen LogP contribution < -0.4 is 5.32 Å². The molecule has 0 saturated carbocycles. The minimum atomic E-state index is -0.913. The first-order valence-corrected chi connectivity index (χ1v) is 7.77. The summed E-state index contributed by atoms with van der Waals surface area (Å²) >= 11 is 12.8. The van der Waals surface area contributed by atoms with Gasteiger partial charge in [-0.1, -0.05) is 35.0 Å². The summed E-state index contributed by atoms with van der Waals surface area (Å²) in [5.74, 6) is -1.32. The van der Waals surface area contributed by atoms with E-state index in [-0.39, 0.29) is 11.7 Å². The van der Waals surface area contributed by atoms with Gasteiger partial charge >= 0.3 is 5.97 Å². The number of anilines is 1. The van der Waals surface area contributed by atoms with Crippen molar-refractivity contribution in [1.82, 2.24) is 4.98 Å². The van der Waals surface area contributed by atoms with Gasteiger partial charge in [-0.05, 0) is 30.3 Å². The molecule has 1 aromatic carbocycles. The van der Waals surface area contributed by atoms with Gasteiger partial charge in [0.1, 0.15) is 0 Å². The van der Waals surface area contributed by atoms with Crippen molar-refractivity contribution in [2.24, 2.45) is 0 Å². The van der Waals surface area contributed by atoms with Gasteiger partial charge in [0, 0.05) is 5.56 Å². The number of pyridine rings is 1. The van der Waals surface area contributed by atoms with Gasteiger partial charge in [-0.25, -0.2) is 4.98 Å². The number of nitrogens with one attached hydrogen (secondary N) is 1. The van der Waals surface area contributed by atoms with E-state index in [0.717, 1.165) is 11.8 Å². The number of carboxylic acids is 1. The van der Waals surface area contributed by atoms with E-state index in [1.807, 2.05) is 0 Å². The Bertz CT molecular complexity index is 708. The van der Waals surface area contributed by atoms with Crippen LogP contribution >= 0.6 is 35.0 Å². The molecule has 0 spiro atoms.